The van der Waals surface area contributed by atoms with Crippen molar-refractivity contribution < 1.29 is 9.63 Å². The minimum absolute atomic E-state index is 0.101. The van der Waals surface area contributed by atoms with Crippen LogP contribution >= 0.6 is 11.8 Å². The number of aliphatic imine (C=N–C) groups is 1. The normalized spacial score (nSPS) is 12.8. The Morgan fingerprint density at radius 3 is 2.43 bits per heavy atom. The first-order valence-corrected chi connectivity index (χ1v) is 5.75. The fourth-order valence-electron chi connectivity index (χ4n) is 0.774. The van der Waals surface area contributed by atoms with Gasteiger partial charge in [0, 0.05) is 23.9 Å². The largest absolute Gasteiger partial charge is 0.452 e. The Kier molecular flexibility index (Phi) is 5.79. The lowest BCUT2D eigenvalue weighted by Gasteiger charge is -2.20. The Labute approximate surface area is 89.5 Å². The maximum Gasteiger partial charge on any atom is 0.452 e. The van der Waals surface area contributed by atoms with E-state index in [9.17, 15) is 4.79 Å². The van der Waals surface area contributed by atoms with Gasteiger partial charge in [-0.05, 0) is 6.26 Å². The molecule has 0 aliphatic rings. The average Bonchev–Trinajstić information content (AvgIpc) is 2.02. The molecule has 0 fully saturated rings. The zero-order chi connectivity index (χ0) is 11.2. The van der Waals surface area contributed by atoms with E-state index in [1.165, 1.54) is 7.05 Å². The molecule has 1 amide bonds. The Morgan fingerprint density at radius 1 is 1.50 bits per heavy atom. The highest BCUT2D eigenvalue weighted by molar-refractivity contribution is 7.99. The summed E-state index contributed by atoms with van der Waals surface area (Å²) in [5.74, 6) is 0.738. The van der Waals surface area contributed by atoms with Gasteiger partial charge in [0.05, 0.1) is 0 Å². The van der Waals surface area contributed by atoms with Crippen LogP contribution in [0.15, 0.2) is 4.99 Å². The number of thioether (sulfide) groups is 1. The van der Waals surface area contributed by atoms with Gasteiger partial charge >= 0.3 is 6.09 Å². The van der Waals surface area contributed by atoms with Crippen LogP contribution in [-0.2, 0) is 4.84 Å². The zero-order valence-electron chi connectivity index (χ0n) is 9.38. The van der Waals surface area contributed by atoms with E-state index in [-0.39, 0.29) is 5.41 Å². The molecule has 0 aliphatic heterocycles. The van der Waals surface area contributed by atoms with Gasteiger partial charge in [0.2, 0.25) is 0 Å². The van der Waals surface area contributed by atoms with Crippen molar-refractivity contribution in [2.45, 2.75) is 20.8 Å². The lowest BCUT2D eigenvalue weighted by molar-refractivity contribution is 0.112. The highest BCUT2D eigenvalue weighted by Crippen LogP contribution is 2.18. The topological polar surface area (TPSA) is 50.7 Å². The minimum atomic E-state index is -0.591. The van der Waals surface area contributed by atoms with Gasteiger partial charge in [-0.25, -0.2) is 4.79 Å². The fraction of sp³-hybridized carbons (Fsp3) is 0.778. The van der Waals surface area contributed by atoms with Gasteiger partial charge in [-0.15, -0.1) is 0 Å². The summed E-state index contributed by atoms with van der Waals surface area (Å²) >= 11 is 1.64. The first kappa shape index (κ1) is 13.4. The van der Waals surface area contributed by atoms with E-state index in [0.717, 1.165) is 11.5 Å². The third kappa shape index (κ3) is 5.24. The predicted octanol–water partition coefficient (Wildman–Crippen LogP) is 2.11. The average molecular weight is 218 g/mol. The maximum absolute atomic E-state index is 11.1. The predicted molar refractivity (Wildman–Crippen MR) is 60.8 cm³/mol. The van der Waals surface area contributed by atoms with E-state index in [0.29, 0.717) is 0 Å². The monoisotopic (exact) mass is 218 g/mol. The maximum atomic E-state index is 11.1. The second-order valence-electron chi connectivity index (χ2n) is 3.81. The van der Waals surface area contributed by atoms with Crippen molar-refractivity contribution in [3.05, 3.63) is 0 Å². The summed E-state index contributed by atoms with van der Waals surface area (Å²) in [6, 6.07) is 0. The quantitative estimate of drug-likeness (QED) is 0.582. The molecule has 0 aliphatic carbocycles. The molecule has 0 saturated carbocycles. The molecule has 82 valence electrons. The number of hydrogen-bond donors (Lipinski definition) is 1. The minimum Gasteiger partial charge on any atom is -0.353 e. The number of carbonyl (C=O) groups excluding carboxylic acids is 1. The summed E-state index contributed by atoms with van der Waals surface area (Å²) in [6.07, 6.45) is 1.39. The number of hydroxylamine groups is 1. The van der Waals surface area contributed by atoms with Crippen LogP contribution in [0.1, 0.15) is 20.8 Å². The molecular formula is C9H18N2O2S. The number of carbonyl (C=O) groups is 1. The van der Waals surface area contributed by atoms with Crippen molar-refractivity contribution >= 4 is 23.6 Å². The molecule has 4 nitrogen and oxygen atoms in total. The molecule has 0 bridgehead atoms. The van der Waals surface area contributed by atoms with E-state index in [2.05, 4.69) is 15.3 Å². The number of nitrogens with zero attached hydrogens (tertiary/aromatic N) is 1. The number of rotatable bonds is 3. The molecule has 1 N–H and O–H groups in total. The Hall–Kier alpha value is -0.550. The highest BCUT2D eigenvalue weighted by Gasteiger charge is 2.19. The standard InChI is InChI=1S/C9H18N2O2S/c1-9(2,3)7(6-14-5)11-8(12)13-10-4/h10H,6H2,1-5H3/b11-7-. The molecule has 0 aromatic heterocycles. The lowest BCUT2D eigenvalue weighted by Crippen LogP contribution is -2.25. The van der Waals surface area contributed by atoms with Crippen LogP contribution in [0.2, 0.25) is 0 Å². The molecule has 0 radical (unpaired) electrons. The summed E-state index contributed by atoms with van der Waals surface area (Å²) in [5, 5.41) is 0. The van der Waals surface area contributed by atoms with Crippen molar-refractivity contribution in [2.24, 2.45) is 10.4 Å². The van der Waals surface area contributed by atoms with Gasteiger partial charge in [-0.2, -0.15) is 22.2 Å². The third-order valence-corrected chi connectivity index (χ3v) is 2.12. The van der Waals surface area contributed by atoms with Crippen molar-refractivity contribution in [1.82, 2.24) is 5.48 Å². The number of hydrogen-bond acceptors (Lipinski definition) is 4. The van der Waals surface area contributed by atoms with E-state index < -0.39 is 6.09 Å². The Bertz CT molecular complexity index is 221. The van der Waals surface area contributed by atoms with Crippen molar-refractivity contribution in [2.75, 3.05) is 19.1 Å². The third-order valence-electron chi connectivity index (χ3n) is 1.56. The van der Waals surface area contributed by atoms with Crippen LogP contribution < -0.4 is 5.48 Å². The molecule has 0 spiro atoms. The number of amides is 1. The summed E-state index contributed by atoms with van der Waals surface area (Å²) in [7, 11) is 1.53. The van der Waals surface area contributed by atoms with Gasteiger partial charge in [0.1, 0.15) is 0 Å². The van der Waals surface area contributed by atoms with Crippen LogP contribution in [0.25, 0.3) is 0 Å². The second kappa shape index (κ2) is 6.03. The molecule has 0 atom stereocenters. The molecular weight excluding hydrogens is 200 g/mol. The Morgan fingerprint density at radius 2 is 2.07 bits per heavy atom. The van der Waals surface area contributed by atoms with Gasteiger partial charge in [-0.1, -0.05) is 20.8 Å². The first-order chi connectivity index (χ1) is 6.41. The van der Waals surface area contributed by atoms with Gasteiger partial charge in [-0.3, -0.25) is 0 Å². The zero-order valence-corrected chi connectivity index (χ0v) is 10.2. The SMILES string of the molecule is CNOC(=O)/N=C(/CSC)C(C)(C)C. The summed E-state index contributed by atoms with van der Waals surface area (Å²) in [6.45, 7) is 6.07. The van der Waals surface area contributed by atoms with Crippen LogP contribution in [0.4, 0.5) is 4.79 Å². The fourth-order valence-corrected chi connectivity index (χ4v) is 1.54. The van der Waals surface area contributed by atoms with Crippen LogP contribution in [0.3, 0.4) is 0 Å². The molecule has 0 saturated heterocycles. The first-order valence-electron chi connectivity index (χ1n) is 4.36. The van der Waals surface area contributed by atoms with E-state index >= 15 is 0 Å². The van der Waals surface area contributed by atoms with Gasteiger partial charge in [0.15, 0.2) is 0 Å². The number of nitrogens with one attached hydrogen (secondary N) is 1. The highest BCUT2D eigenvalue weighted by atomic mass is 32.2. The summed E-state index contributed by atoms with van der Waals surface area (Å²) < 4.78 is 0. The van der Waals surface area contributed by atoms with Crippen LogP contribution in [-0.4, -0.2) is 30.9 Å². The van der Waals surface area contributed by atoms with Crippen molar-refractivity contribution in [3.63, 3.8) is 0 Å². The lowest BCUT2D eigenvalue weighted by atomic mass is 9.91. The van der Waals surface area contributed by atoms with Crippen molar-refractivity contribution in [3.8, 4) is 0 Å². The summed E-state index contributed by atoms with van der Waals surface area (Å²) in [4.78, 5) is 19.5. The smallest absolute Gasteiger partial charge is 0.353 e. The van der Waals surface area contributed by atoms with Crippen LogP contribution in [0, 0.1) is 5.41 Å². The molecule has 0 heterocycles. The summed E-state index contributed by atoms with van der Waals surface area (Å²) in [5.41, 5.74) is 3.04. The van der Waals surface area contributed by atoms with E-state index in [1.54, 1.807) is 11.8 Å². The second-order valence-corrected chi connectivity index (χ2v) is 4.68. The molecule has 0 aromatic rings. The van der Waals surface area contributed by atoms with E-state index in [4.69, 9.17) is 0 Å². The van der Waals surface area contributed by atoms with Gasteiger partial charge in [0.25, 0.3) is 0 Å². The van der Waals surface area contributed by atoms with Gasteiger partial charge < -0.3 is 4.84 Å². The molecule has 0 unspecified atom stereocenters. The van der Waals surface area contributed by atoms with E-state index in [1.807, 2.05) is 27.0 Å². The molecule has 0 aromatic carbocycles. The Balaban J connectivity index is 4.56. The molecule has 5 heteroatoms. The van der Waals surface area contributed by atoms with Crippen LogP contribution in [0.5, 0.6) is 0 Å². The molecule has 0 rings (SSSR count). The van der Waals surface area contributed by atoms with Crippen molar-refractivity contribution in [1.29, 1.82) is 0 Å². The molecule has 14 heavy (non-hydrogen) atoms.